The number of ether oxygens (including phenoxy) is 2. The lowest BCUT2D eigenvalue weighted by atomic mass is 9.97. The zero-order valence-electron chi connectivity index (χ0n) is 15.0. The largest absolute Gasteiger partial charge is 0.486 e. The average Bonchev–Trinajstić information content (AvgIpc) is 2.64. The second-order valence-corrected chi connectivity index (χ2v) is 6.07. The first-order valence-corrected chi connectivity index (χ1v) is 8.49. The van der Waals surface area contributed by atoms with Gasteiger partial charge in [0, 0.05) is 20.1 Å². The number of halogens is 1. The molecule has 0 aromatic heterocycles. The summed E-state index contributed by atoms with van der Waals surface area (Å²) >= 11 is 0. The minimum Gasteiger partial charge on any atom is -0.486 e. The molecule has 0 spiro atoms. The van der Waals surface area contributed by atoms with Crippen molar-refractivity contribution in [2.24, 2.45) is 10.9 Å². The lowest BCUT2D eigenvalue weighted by Crippen LogP contribution is -2.48. The monoisotopic (exact) mass is 351 g/mol. The molecule has 1 aliphatic rings. The SMILES string of the molecule is CN=C(NCC(C)Oc1ccccc1F)N1CCC(C(=O)OC)CC1. The molecule has 25 heavy (non-hydrogen) atoms. The zero-order valence-corrected chi connectivity index (χ0v) is 15.0. The maximum Gasteiger partial charge on any atom is 0.308 e. The fourth-order valence-electron chi connectivity index (χ4n) is 2.86. The van der Waals surface area contributed by atoms with Crippen molar-refractivity contribution in [2.45, 2.75) is 25.9 Å². The van der Waals surface area contributed by atoms with Crippen LogP contribution in [-0.4, -0.2) is 56.7 Å². The first-order chi connectivity index (χ1) is 12.0. The van der Waals surface area contributed by atoms with Gasteiger partial charge < -0.3 is 19.7 Å². The molecule has 7 heteroatoms. The van der Waals surface area contributed by atoms with Gasteiger partial charge >= 0.3 is 5.97 Å². The predicted molar refractivity (Wildman–Crippen MR) is 94.2 cm³/mol. The third kappa shape index (κ3) is 5.34. The third-order valence-electron chi connectivity index (χ3n) is 4.25. The highest BCUT2D eigenvalue weighted by Crippen LogP contribution is 2.19. The fourth-order valence-corrected chi connectivity index (χ4v) is 2.86. The van der Waals surface area contributed by atoms with Gasteiger partial charge in [-0.1, -0.05) is 12.1 Å². The molecular weight excluding hydrogens is 325 g/mol. The lowest BCUT2D eigenvalue weighted by Gasteiger charge is -2.33. The van der Waals surface area contributed by atoms with Crippen molar-refractivity contribution in [1.29, 1.82) is 0 Å². The molecular formula is C18H26FN3O3. The topological polar surface area (TPSA) is 63.2 Å². The number of hydrogen-bond acceptors (Lipinski definition) is 4. The highest BCUT2D eigenvalue weighted by Gasteiger charge is 2.27. The van der Waals surface area contributed by atoms with Gasteiger partial charge in [-0.25, -0.2) is 4.39 Å². The van der Waals surface area contributed by atoms with Gasteiger partial charge in [-0.2, -0.15) is 0 Å². The molecule has 1 unspecified atom stereocenters. The molecule has 0 bridgehead atoms. The van der Waals surface area contributed by atoms with Crippen LogP contribution in [-0.2, 0) is 9.53 Å². The molecule has 1 saturated heterocycles. The second kappa shape index (κ2) is 9.25. The number of carbonyl (C=O) groups is 1. The van der Waals surface area contributed by atoms with Gasteiger partial charge in [0.05, 0.1) is 19.6 Å². The number of methoxy groups -OCH3 is 1. The van der Waals surface area contributed by atoms with Crippen LogP contribution >= 0.6 is 0 Å². The number of guanidine groups is 1. The number of aliphatic imine (C=N–C) groups is 1. The smallest absolute Gasteiger partial charge is 0.308 e. The molecule has 6 nitrogen and oxygen atoms in total. The van der Waals surface area contributed by atoms with Crippen LogP contribution in [0.4, 0.5) is 4.39 Å². The third-order valence-corrected chi connectivity index (χ3v) is 4.25. The van der Waals surface area contributed by atoms with Crippen LogP contribution in [0, 0.1) is 11.7 Å². The minimum absolute atomic E-state index is 0.0392. The van der Waals surface area contributed by atoms with Crippen LogP contribution in [0.2, 0.25) is 0 Å². The Morgan fingerprint density at radius 3 is 2.68 bits per heavy atom. The number of piperidine rings is 1. The van der Waals surface area contributed by atoms with Gasteiger partial charge in [0.1, 0.15) is 6.10 Å². The summed E-state index contributed by atoms with van der Waals surface area (Å²) in [7, 11) is 3.14. The fraction of sp³-hybridized carbons (Fsp3) is 0.556. The zero-order chi connectivity index (χ0) is 18.2. The van der Waals surface area contributed by atoms with E-state index < -0.39 is 0 Å². The van der Waals surface area contributed by atoms with E-state index in [1.165, 1.54) is 13.2 Å². The number of carbonyl (C=O) groups excluding carboxylic acids is 1. The number of hydrogen-bond donors (Lipinski definition) is 1. The molecule has 2 rings (SSSR count). The number of nitrogens with one attached hydrogen (secondary N) is 1. The quantitative estimate of drug-likeness (QED) is 0.500. The Morgan fingerprint density at radius 2 is 2.08 bits per heavy atom. The maximum absolute atomic E-state index is 13.6. The van der Waals surface area contributed by atoms with E-state index in [9.17, 15) is 9.18 Å². The van der Waals surface area contributed by atoms with Crippen LogP contribution < -0.4 is 10.1 Å². The summed E-state index contributed by atoms with van der Waals surface area (Å²) in [5.74, 6) is 0.443. The Hall–Kier alpha value is -2.31. The molecule has 1 fully saturated rings. The first-order valence-electron chi connectivity index (χ1n) is 8.49. The summed E-state index contributed by atoms with van der Waals surface area (Å²) in [6, 6.07) is 6.35. The Morgan fingerprint density at radius 1 is 1.40 bits per heavy atom. The summed E-state index contributed by atoms with van der Waals surface area (Å²) in [5, 5.41) is 3.25. The summed E-state index contributed by atoms with van der Waals surface area (Å²) < 4.78 is 24.0. The number of likely N-dealkylation sites (tertiary alicyclic amines) is 1. The van der Waals surface area contributed by atoms with Crippen molar-refractivity contribution in [3.8, 4) is 5.75 Å². The Balaban J connectivity index is 1.81. The molecule has 1 aromatic rings. The van der Waals surface area contributed by atoms with E-state index in [4.69, 9.17) is 9.47 Å². The molecule has 1 atom stereocenters. The van der Waals surface area contributed by atoms with E-state index in [1.54, 1.807) is 25.2 Å². The number of nitrogens with zero attached hydrogens (tertiary/aromatic N) is 2. The van der Waals surface area contributed by atoms with E-state index in [-0.39, 0.29) is 29.6 Å². The van der Waals surface area contributed by atoms with E-state index >= 15 is 0 Å². The summed E-state index contributed by atoms with van der Waals surface area (Å²) in [5.41, 5.74) is 0. The molecule has 1 aliphatic heterocycles. The molecule has 0 radical (unpaired) electrons. The molecule has 1 aromatic carbocycles. The average molecular weight is 351 g/mol. The van der Waals surface area contributed by atoms with Crippen molar-refractivity contribution >= 4 is 11.9 Å². The highest BCUT2D eigenvalue weighted by atomic mass is 19.1. The van der Waals surface area contributed by atoms with Crippen LogP contribution in [0.1, 0.15) is 19.8 Å². The van der Waals surface area contributed by atoms with Crippen molar-refractivity contribution < 1.29 is 18.7 Å². The first kappa shape index (κ1) is 19.0. The second-order valence-electron chi connectivity index (χ2n) is 6.07. The van der Waals surface area contributed by atoms with E-state index in [1.807, 2.05) is 6.92 Å². The molecule has 0 aliphatic carbocycles. The Bertz CT molecular complexity index is 601. The van der Waals surface area contributed by atoms with Gasteiger partial charge in [-0.15, -0.1) is 0 Å². The maximum atomic E-state index is 13.6. The normalized spacial score (nSPS) is 17.1. The number of rotatable bonds is 5. The van der Waals surface area contributed by atoms with E-state index in [2.05, 4.69) is 15.2 Å². The van der Waals surface area contributed by atoms with Gasteiger partial charge in [0.2, 0.25) is 0 Å². The number of benzene rings is 1. The standard InChI is InChI=1S/C18H26FN3O3/c1-13(25-16-7-5-4-6-15(16)19)12-21-18(20-2)22-10-8-14(9-11-22)17(23)24-3/h4-7,13-14H,8-12H2,1-3H3,(H,20,21). The van der Waals surface area contributed by atoms with Gasteiger partial charge in [-0.3, -0.25) is 9.79 Å². The predicted octanol–water partition coefficient (Wildman–Crippen LogP) is 2.05. The van der Waals surface area contributed by atoms with Crippen LogP contribution in [0.3, 0.4) is 0 Å². The van der Waals surface area contributed by atoms with Crippen LogP contribution in [0.15, 0.2) is 29.3 Å². The minimum atomic E-state index is -0.372. The van der Waals surface area contributed by atoms with E-state index in [0.717, 1.165) is 31.9 Å². The Kier molecular flexibility index (Phi) is 7.03. The highest BCUT2D eigenvalue weighted by molar-refractivity contribution is 5.80. The summed E-state index contributed by atoms with van der Waals surface area (Å²) in [6.45, 7) is 3.85. The van der Waals surface area contributed by atoms with Crippen molar-refractivity contribution in [1.82, 2.24) is 10.2 Å². The van der Waals surface area contributed by atoms with Gasteiger partial charge in [-0.05, 0) is 31.9 Å². The number of esters is 1. The Labute approximate surface area is 148 Å². The summed E-state index contributed by atoms with van der Waals surface area (Å²) in [6.07, 6.45) is 1.27. The van der Waals surface area contributed by atoms with Gasteiger partial charge in [0.15, 0.2) is 17.5 Å². The van der Waals surface area contributed by atoms with Crippen LogP contribution in [0.5, 0.6) is 5.75 Å². The van der Waals surface area contributed by atoms with Crippen molar-refractivity contribution in [3.63, 3.8) is 0 Å². The molecule has 1 N–H and O–H groups in total. The van der Waals surface area contributed by atoms with Crippen molar-refractivity contribution in [2.75, 3.05) is 33.8 Å². The lowest BCUT2D eigenvalue weighted by molar-refractivity contribution is -0.146. The molecule has 0 amide bonds. The van der Waals surface area contributed by atoms with Crippen LogP contribution in [0.25, 0.3) is 0 Å². The van der Waals surface area contributed by atoms with Crippen molar-refractivity contribution in [3.05, 3.63) is 30.1 Å². The van der Waals surface area contributed by atoms with E-state index in [0.29, 0.717) is 6.54 Å². The molecule has 138 valence electrons. The molecule has 1 heterocycles. The van der Waals surface area contributed by atoms with Gasteiger partial charge in [0.25, 0.3) is 0 Å². The summed E-state index contributed by atoms with van der Waals surface area (Å²) in [4.78, 5) is 18.0. The molecule has 0 saturated carbocycles. The number of para-hydroxylation sites is 1.